The molecule has 0 aliphatic carbocycles. The second kappa shape index (κ2) is 5.54. The van der Waals surface area contributed by atoms with Crippen molar-refractivity contribution >= 4 is 26.7 Å². The number of rotatable bonds is 3. The van der Waals surface area contributed by atoms with Gasteiger partial charge in [-0.25, -0.2) is 4.68 Å². The number of nitrogens with zero attached hydrogens (tertiary/aromatic N) is 3. The summed E-state index contributed by atoms with van der Waals surface area (Å²) in [7, 11) is 0. The van der Waals surface area contributed by atoms with Gasteiger partial charge >= 0.3 is 0 Å². The minimum Gasteiger partial charge on any atom is -0.267 e. The summed E-state index contributed by atoms with van der Waals surface area (Å²) in [5.74, 6) is 0. The first kappa shape index (κ1) is 13.0. The van der Waals surface area contributed by atoms with Crippen molar-refractivity contribution < 1.29 is 0 Å². The van der Waals surface area contributed by atoms with Gasteiger partial charge in [0.15, 0.2) is 0 Å². The number of alkyl halides is 1. The molecule has 0 saturated carbocycles. The Morgan fingerprint density at radius 3 is 2.60 bits per heavy atom. The molecule has 0 fully saturated rings. The quantitative estimate of drug-likeness (QED) is 0.694. The zero-order chi connectivity index (χ0) is 13.9. The Bertz CT molecular complexity index is 799. The summed E-state index contributed by atoms with van der Waals surface area (Å²) in [6.07, 6.45) is 3.48. The van der Waals surface area contributed by atoms with E-state index in [1.165, 1.54) is 4.68 Å². The maximum Gasteiger partial charge on any atom is 0.274 e. The van der Waals surface area contributed by atoms with Gasteiger partial charge in [0.1, 0.15) is 5.69 Å². The van der Waals surface area contributed by atoms with Crippen LogP contribution in [0.4, 0.5) is 0 Å². The van der Waals surface area contributed by atoms with Crippen molar-refractivity contribution in [3.05, 3.63) is 59.1 Å². The molecule has 2 heterocycles. The van der Waals surface area contributed by atoms with Crippen LogP contribution in [0.1, 0.15) is 0 Å². The van der Waals surface area contributed by atoms with Gasteiger partial charge in [-0.2, -0.15) is 5.10 Å². The molecular weight excluding hydrogens is 318 g/mol. The van der Waals surface area contributed by atoms with E-state index >= 15 is 0 Å². The van der Waals surface area contributed by atoms with Crippen LogP contribution in [-0.4, -0.2) is 20.1 Å². The first-order valence-electron chi connectivity index (χ1n) is 6.27. The number of benzene rings is 1. The van der Waals surface area contributed by atoms with Crippen LogP contribution in [0.25, 0.3) is 22.0 Å². The molecule has 0 unspecified atom stereocenters. The van der Waals surface area contributed by atoms with Gasteiger partial charge < -0.3 is 0 Å². The predicted octanol–water partition coefficient (Wildman–Crippen LogP) is 2.85. The van der Waals surface area contributed by atoms with Crippen LogP contribution in [0.3, 0.4) is 0 Å². The van der Waals surface area contributed by atoms with Gasteiger partial charge in [0.05, 0.1) is 11.9 Å². The normalized spacial score (nSPS) is 10.8. The van der Waals surface area contributed by atoms with Crippen molar-refractivity contribution in [3.63, 3.8) is 0 Å². The lowest BCUT2D eigenvalue weighted by atomic mass is 10.1. The molecule has 4 nitrogen and oxygen atoms in total. The molecule has 20 heavy (non-hydrogen) atoms. The van der Waals surface area contributed by atoms with Crippen molar-refractivity contribution in [1.82, 2.24) is 14.8 Å². The largest absolute Gasteiger partial charge is 0.274 e. The Balaban J connectivity index is 2.36. The number of aromatic nitrogens is 3. The molecule has 0 radical (unpaired) electrons. The van der Waals surface area contributed by atoms with E-state index in [2.05, 4.69) is 26.0 Å². The fourth-order valence-electron chi connectivity index (χ4n) is 2.18. The second-order valence-electron chi connectivity index (χ2n) is 4.35. The first-order valence-corrected chi connectivity index (χ1v) is 7.39. The number of pyridine rings is 1. The van der Waals surface area contributed by atoms with Gasteiger partial charge in [-0.15, -0.1) is 0 Å². The lowest BCUT2D eigenvalue weighted by molar-refractivity contribution is 0.634. The summed E-state index contributed by atoms with van der Waals surface area (Å²) in [6, 6.07) is 11.4. The van der Waals surface area contributed by atoms with E-state index in [1.54, 1.807) is 12.4 Å². The topological polar surface area (TPSA) is 47.8 Å². The number of aryl methyl sites for hydroxylation is 1. The third kappa shape index (κ3) is 2.25. The predicted molar refractivity (Wildman–Crippen MR) is 83.0 cm³/mol. The highest BCUT2D eigenvalue weighted by molar-refractivity contribution is 9.09. The van der Waals surface area contributed by atoms with Crippen molar-refractivity contribution in [1.29, 1.82) is 0 Å². The molecule has 0 atom stereocenters. The number of hydrogen-bond donors (Lipinski definition) is 0. The van der Waals surface area contributed by atoms with Gasteiger partial charge in [0.2, 0.25) is 0 Å². The molecule has 5 heteroatoms. The van der Waals surface area contributed by atoms with Crippen LogP contribution in [0, 0.1) is 0 Å². The van der Waals surface area contributed by atoms with E-state index in [4.69, 9.17) is 0 Å². The highest BCUT2D eigenvalue weighted by Gasteiger charge is 2.11. The van der Waals surface area contributed by atoms with Crippen molar-refractivity contribution in [3.8, 4) is 11.3 Å². The summed E-state index contributed by atoms with van der Waals surface area (Å²) < 4.78 is 1.50. The smallest absolute Gasteiger partial charge is 0.267 e. The Hall–Kier alpha value is -2.01. The first-order chi connectivity index (χ1) is 9.81. The molecule has 0 N–H and O–H groups in total. The highest BCUT2D eigenvalue weighted by atomic mass is 79.9. The van der Waals surface area contributed by atoms with Gasteiger partial charge in [0, 0.05) is 28.7 Å². The molecule has 0 saturated heterocycles. The molecule has 3 rings (SSSR count). The fourth-order valence-corrected chi connectivity index (χ4v) is 2.52. The maximum atomic E-state index is 12.4. The summed E-state index contributed by atoms with van der Waals surface area (Å²) >= 11 is 3.35. The lowest BCUT2D eigenvalue weighted by Crippen LogP contribution is -2.24. The van der Waals surface area contributed by atoms with E-state index in [1.807, 2.05) is 36.4 Å². The Labute approximate surface area is 124 Å². The maximum absolute atomic E-state index is 12.4. The van der Waals surface area contributed by atoms with Crippen molar-refractivity contribution in [2.75, 3.05) is 5.33 Å². The SMILES string of the molecule is O=c1c2ccccc2c(-c2cccnc2)nn1CCBr. The zero-order valence-corrected chi connectivity index (χ0v) is 12.2. The molecular formula is C15H12BrN3O. The van der Waals surface area contributed by atoms with E-state index in [-0.39, 0.29) is 5.56 Å². The van der Waals surface area contributed by atoms with E-state index in [9.17, 15) is 4.79 Å². The summed E-state index contributed by atoms with van der Waals surface area (Å²) in [5.41, 5.74) is 1.63. The third-order valence-electron chi connectivity index (χ3n) is 3.10. The monoisotopic (exact) mass is 329 g/mol. The standard InChI is InChI=1S/C15H12BrN3O/c16-7-9-19-15(20)13-6-2-1-5-12(13)14(18-19)11-4-3-8-17-10-11/h1-6,8,10H,7,9H2. The van der Waals surface area contributed by atoms with Gasteiger partial charge in [-0.3, -0.25) is 9.78 Å². The van der Waals surface area contributed by atoms with Crippen molar-refractivity contribution in [2.24, 2.45) is 0 Å². The van der Waals surface area contributed by atoms with Gasteiger partial charge in [-0.05, 0) is 18.2 Å². The van der Waals surface area contributed by atoms with Crippen LogP contribution in [0.2, 0.25) is 0 Å². The van der Waals surface area contributed by atoms with E-state index in [0.29, 0.717) is 17.3 Å². The Morgan fingerprint density at radius 2 is 1.90 bits per heavy atom. The lowest BCUT2D eigenvalue weighted by Gasteiger charge is -2.09. The van der Waals surface area contributed by atoms with Gasteiger partial charge in [0.25, 0.3) is 5.56 Å². The molecule has 3 aromatic rings. The average molecular weight is 330 g/mol. The van der Waals surface area contributed by atoms with E-state index in [0.717, 1.165) is 16.6 Å². The molecule has 0 aliphatic rings. The molecule has 0 amide bonds. The van der Waals surface area contributed by atoms with Crippen LogP contribution in [0.5, 0.6) is 0 Å². The molecule has 0 spiro atoms. The minimum absolute atomic E-state index is 0.0623. The third-order valence-corrected chi connectivity index (χ3v) is 3.45. The fraction of sp³-hybridized carbons (Fsp3) is 0.133. The highest BCUT2D eigenvalue weighted by Crippen LogP contribution is 2.23. The molecule has 0 bridgehead atoms. The molecule has 0 aliphatic heterocycles. The summed E-state index contributed by atoms with van der Waals surface area (Å²) in [5, 5.41) is 6.72. The summed E-state index contributed by atoms with van der Waals surface area (Å²) in [4.78, 5) is 16.5. The van der Waals surface area contributed by atoms with E-state index < -0.39 is 0 Å². The molecule has 100 valence electrons. The number of halogens is 1. The van der Waals surface area contributed by atoms with Crippen LogP contribution in [-0.2, 0) is 6.54 Å². The van der Waals surface area contributed by atoms with Crippen molar-refractivity contribution in [2.45, 2.75) is 6.54 Å². The number of fused-ring (bicyclic) bond motifs is 1. The number of hydrogen-bond acceptors (Lipinski definition) is 3. The summed E-state index contributed by atoms with van der Waals surface area (Å²) in [6.45, 7) is 0.539. The Morgan fingerprint density at radius 1 is 1.10 bits per heavy atom. The van der Waals surface area contributed by atoms with Gasteiger partial charge in [-0.1, -0.05) is 34.1 Å². The zero-order valence-electron chi connectivity index (χ0n) is 10.7. The second-order valence-corrected chi connectivity index (χ2v) is 5.15. The van der Waals surface area contributed by atoms with Crippen LogP contribution < -0.4 is 5.56 Å². The Kier molecular flexibility index (Phi) is 3.60. The molecule has 2 aromatic heterocycles. The van der Waals surface area contributed by atoms with Crippen LogP contribution in [0.15, 0.2) is 53.6 Å². The molecule has 1 aromatic carbocycles. The van der Waals surface area contributed by atoms with Crippen LogP contribution >= 0.6 is 15.9 Å². The minimum atomic E-state index is -0.0623. The average Bonchev–Trinajstić information content (AvgIpc) is 2.51.